The number of hydrogen-bond donors (Lipinski definition) is 1. The topological polar surface area (TPSA) is 97.2 Å². The lowest BCUT2D eigenvalue weighted by Crippen LogP contribution is -2.29. The zero-order valence-electron chi connectivity index (χ0n) is 17.7. The number of sulfonamides is 1. The minimum Gasteiger partial charge on any atom is -0.348 e. The summed E-state index contributed by atoms with van der Waals surface area (Å²) >= 11 is 0. The lowest BCUT2D eigenvalue weighted by atomic mass is 9.98. The predicted molar refractivity (Wildman–Crippen MR) is 118 cm³/mol. The highest BCUT2D eigenvalue weighted by atomic mass is 32.2. The van der Waals surface area contributed by atoms with Gasteiger partial charge in [0.2, 0.25) is 10.0 Å². The molecule has 0 spiro atoms. The van der Waals surface area contributed by atoms with E-state index < -0.39 is 10.0 Å². The lowest BCUT2D eigenvalue weighted by molar-refractivity contribution is 0.0951. The Labute approximate surface area is 182 Å². The van der Waals surface area contributed by atoms with Crippen LogP contribution in [0.1, 0.15) is 53.1 Å². The van der Waals surface area contributed by atoms with Crippen molar-refractivity contribution in [2.75, 3.05) is 17.1 Å². The summed E-state index contributed by atoms with van der Waals surface area (Å²) in [6.45, 7) is 4.62. The van der Waals surface area contributed by atoms with Gasteiger partial charge in [-0.1, -0.05) is 30.3 Å². The van der Waals surface area contributed by atoms with Gasteiger partial charge in [-0.2, -0.15) is 5.10 Å². The normalized spacial score (nSPS) is 15.9. The fourth-order valence-electron chi connectivity index (χ4n) is 3.68. The molecular formula is C22H25N5O3S. The highest BCUT2D eigenvalue weighted by molar-refractivity contribution is 7.92. The van der Waals surface area contributed by atoms with Crippen LogP contribution >= 0.6 is 0 Å². The van der Waals surface area contributed by atoms with Crippen LogP contribution in [-0.4, -0.2) is 41.9 Å². The van der Waals surface area contributed by atoms with Gasteiger partial charge in [0.05, 0.1) is 17.9 Å². The summed E-state index contributed by atoms with van der Waals surface area (Å²) in [6.07, 6.45) is 2.83. The number of nitrogens with zero attached hydrogens (tertiary/aromatic N) is 4. The second-order valence-electron chi connectivity index (χ2n) is 7.97. The lowest BCUT2D eigenvalue weighted by Gasteiger charge is -2.16. The third-order valence-electron chi connectivity index (χ3n) is 5.35. The Kier molecular flexibility index (Phi) is 5.53. The zero-order valence-corrected chi connectivity index (χ0v) is 18.5. The molecule has 0 saturated carbocycles. The summed E-state index contributed by atoms with van der Waals surface area (Å²) < 4.78 is 27.8. The van der Waals surface area contributed by atoms with E-state index in [2.05, 4.69) is 15.4 Å². The smallest absolute Gasteiger partial charge is 0.251 e. The molecule has 3 aromatic rings. The van der Waals surface area contributed by atoms with Gasteiger partial charge >= 0.3 is 0 Å². The van der Waals surface area contributed by atoms with Crippen molar-refractivity contribution in [2.24, 2.45) is 0 Å². The van der Waals surface area contributed by atoms with E-state index in [1.807, 2.05) is 44.2 Å². The van der Waals surface area contributed by atoms with E-state index in [9.17, 15) is 13.2 Å². The number of aromatic nitrogens is 3. The number of amides is 1. The predicted octanol–water partition coefficient (Wildman–Crippen LogP) is 2.70. The average molecular weight is 440 g/mol. The molecule has 0 radical (unpaired) electrons. The number of nitrogens with one attached hydrogen (secondary N) is 1. The van der Waals surface area contributed by atoms with Gasteiger partial charge in [-0.25, -0.2) is 13.4 Å². The summed E-state index contributed by atoms with van der Waals surface area (Å²) in [4.78, 5) is 17.2. The first-order chi connectivity index (χ1) is 14.7. The van der Waals surface area contributed by atoms with Crippen molar-refractivity contribution < 1.29 is 13.2 Å². The molecule has 1 aliphatic rings. The molecule has 162 valence electrons. The minimum atomic E-state index is -3.48. The number of rotatable bonds is 6. The summed E-state index contributed by atoms with van der Waals surface area (Å²) in [5.41, 5.74) is 2.77. The molecule has 1 atom stereocenters. The SMILES string of the molecule is CC(C)n1cnc([C@H]2CN(S(C)(=O)=O)c3ccc(C(=O)NCc4ccccc4)cc32)n1. The Balaban J connectivity index is 1.65. The second kappa shape index (κ2) is 8.14. The van der Waals surface area contributed by atoms with E-state index in [0.29, 0.717) is 23.6 Å². The van der Waals surface area contributed by atoms with Crippen LogP contribution in [0.4, 0.5) is 5.69 Å². The molecule has 1 aromatic heterocycles. The molecule has 2 heterocycles. The van der Waals surface area contributed by atoms with E-state index >= 15 is 0 Å². The van der Waals surface area contributed by atoms with Crippen molar-refractivity contribution in [1.82, 2.24) is 20.1 Å². The monoisotopic (exact) mass is 439 g/mol. The number of anilines is 1. The second-order valence-corrected chi connectivity index (χ2v) is 9.87. The zero-order chi connectivity index (χ0) is 22.2. The standard InChI is InChI=1S/C22H25N5O3S/c1-15(2)26-14-24-21(25-26)19-13-27(31(3,29)30)20-10-9-17(11-18(19)20)22(28)23-12-16-7-5-4-6-8-16/h4-11,14-15,19H,12-13H2,1-3H3,(H,23,28)/t19-/m0/s1. The number of carbonyl (C=O) groups is 1. The first-order valence-corrected chi connectivity index (χ1v) is 11.9. The summed E-state index contributed by atoms with van der Waals surface area (Å²) in [6, 6.07) is 14.9. The Morgan fingerprint density at radius 2 is 1.94 bits per heavy atom. The highest BCUT2D eigenvalue weighted by Crippen LogP contribution is 2.40. The maximum Gasteiger partial charge on any atom is 0.251 e. The molecular weight excluding hydrogens is 414 g/mol. The third-order valence-corrected chi connectivity index (χ3v) is 6.49. The molecule has 8 nitrogen and oxygen atoms in total. The summed E-state index contributed by atoms with van der Waals surface area (Å²) in [5, 5.41) is 7.46. The first kappa shape index (κ1) is 21.0. The Hall–Kier alpha value is -3.20. The number of fused-ring (bicyclic) bond motifs is 1. The van der Waals surface area contributed by atoms with Crippen LogP contribution in [-0.2, 0) is 16.6 Å². The molecule has 0 bridgehead atoms. The van der Waals surface area contributed by atoms with Crippen molar-refractivity contribution in [3.8, 4) is 0 Å². The first-order valence-electron chi connectivity index (χ1n) is 10.1. The molecule has 0 saturated heterocycles. The average Bonchev–Trinajstić information content (AvgIpc) is 3.37. The summed E-state index contributed by atoms with van der Waals surface area (Å²) in [5.74, 6) is -0.0154. The van der Waals surface area contributed by atoms with Crippen molar-refractivity contribution in [2.45, 2.75) is 32.4 Å². The molecule has 4 rings (SSSR count). The van der Waals surface area contributed by atoms with Gasteiger partial charge in [0.1, 0.15) is 6.33 Å². The van der Waals surface area contributed by atoms with E-state index in [-0.39, 0.29) is 24.4 Å². The van der Waals surface area contributed by atoms with E-state index in [1.54, 1.807) is 29.2 Å². The maximum atomic E-state index is 12.8. The molecule has 0 fully saturated rings. The van der Waals surface area contributed by atoms with Crippen molar-refractivity contribution in [1.29, 1.82) is 0 Å². The van der Waals surface area contributed by atoms with Gasteiger partial charge in [0.15, 0.2) is 5.82 Å². The van der Waals surface area contributed by atoms with Crippen LogP contribution in [0.3, 0.4) is 0 Å². The van der Waals surface area contributed by atoms with E-state index in [4.69, 9.17) is 0 Å². The molecule has 1 amide bonds. The molecule has 2 aromatic carbocycles. The van der Waals surface area contributed by atoms with Gasteiger partial charge in [0, 0.05) is 24.7 Å². The molecule has 31 heavy (non-hydrogen) atoms. The Morgan fingerprint density at radius 3 is 2.58 bits per heavy atom. The van der Waals surface area contributed by atoms with Crippen molar-refractivity contribution in [3.63, 3.8) is 0 Å². The third kappa shape index (κ3) is 4.32. The number of benzene rings is 2. The van der Waals surface area contributed by atoms with Crippen LogP contribution in [0.2, 0.25) is 0 Å². The Morgan fingerprint density at radius 1 is 1.19 bits per heavy atom. The van der Waals surface area contributed by atoms with Crippen LogP contribution in [0, 0.1) is 0 Å². The highest BCUT2D eigenvalue weighted by Gasteiger charge is 2.37. The number of hydrogen-bond acceptors (Lipinski definition) is 5. The van der Waals surface area contributed by atoms with Crippen LogP contribution < -0.4 is 9.62 Å². The molecule has 0 unspecified atom stereocenters. The van der Waals surface area contributed by atoms with Crippen LogP contribution in [0.15, 0.2) is 54.9 Å². The van der Waals surface area contributed by atoms with Crippen LogP contribution in [0.25, 0.3) is 0 Å². The number of carbonyl (C=O) groups excluding carboxylic acids is 1. The van der Waals surface area contributed by atoms with Gasteiger partial charge in [-0.3, -0.25) is 13.8 Å². The van der Waals surface area contributed by atoms with Gasteiger partial charge in [-0.15, -0.1) is 0 Å². The fraction of sp³-hybridized carbons (Fsp3) is 0.318. The van der Waals surface area contributed by atoms with Gasteiger partial charge in [0.25, 0.3) is 5.91 Å². The minimum absolute atomic E-state index is 0.142. The van der Waals surface area contributed by atoms with E-state index in [0.717, 1.165) is 11.1 Å². The largest absolute Gasteiger partial charge is 0.348 e. The maximum absolute atomic E-state index is 12.8. The molecule has 9 heteroatoms. The van der Waals surface area contributed by atoms with Crippen molar-refractivity contribution in [3.05, 3.63) is 77.4 Å². The van der Waals surface area contributed by atoms with Gasteiger partial charge < -0.3 is 5.32 Å². The van der Waals surface area contributed by atoms with Gasteiger partial charge in [-0.05, 0) is 43.2 Å². The fourth-order valence-corrected chi connectivity index (χ4v) is 4.62. The van der Waals surface area contributed by atoms with E-state index in [1.165, 1.54) is 10.6 Å². The molecule has 1 aliphatic heterocycles. The molecule has 0 aliphatic carbocycles. The summed E-state index contributed by atoms with van der Waals surface area (Å²) in [7, 11) is -3.48. The molecule has 1 N–H and O–H groups in total. The Bertz CT molecular complexity index is 1200. The quantitative estimate of drug-likeness (QED) is 0.637. The van der Waals surface area contributed by atoms with Crippen LogP contribution in [0.5, 0.6) is 0 Å². The van der Waals surface area contributed by atoms with Crippen molar-refractivity contribution >= 4 is 21.6 Å².